The summed E-state index contributed by atoms with van der Waals surface area (Å²) in [5.74, 6) is -0.966. The van der Waals surface area contributed by atoms with E-state index in [1.54, 1.807) is 0 Å². The number of hydrogen-bond donors (Lipinski definition) is 1. The topological polar surface area (TPSA) is 33.4 Å². The molecule has 1 N–H and O–H groups in total. The van der Waals surface area contributed by atoms with Gasteiger partial charge in [0.25, 0.3) is 0 Å². The third kappa shape index (κ3) is 2.62. The SMILES string of the molecule is OC/C=C/c1ccc(C(F)(F)F)o1. The summed E-state index contributed by atoms with van der Waals surface area (Å²) in [7, 11) is 0. The van der Waals surface area contributed by atoms with Crippen LogP contribution < -0.4 is 0 Å². The fourth-order valence-electron chi connectivity index (χ4n) is 0.764. The van der Waals surface area contributed by atoms with Gasteiger partial charge in [0.15, 0.2) is 0 Å². The molecule has 0 saturated carbocycles. The molecule has 0 atom stereocenters. The summed E-state index contributed by atoms with van der Waals surface area (Å²) in [5, 5.41) is 8.34. The molecule has 0 saturated heterocycles. The van der Waals surface area contributed by atoms with E-state index in [0.717, 1.165) is 6.07 Å². The lowest BCUT2D eigenvalue weighted by Crippen LogP contribution is -2.01. The summed E-state index contributed by atoms with van der Waals surface area (Å²) < 4.78 is 40.3. The standard InChI is InChI=1S/C8H7F3O2/c9-8(10,11)7-4-3-6(13-7)2-1-5-12/h1-4,12H,5H2/b2-1+. The lowest BCUT2D eigenvalue weighted by atomic mass is 10.4. The molecular formula is C8H7F3O2. The van der Waals surface area contributed by atoms with Crippen LogP contribution in [0.2, 0.25) is 0 Å². The molecule has 1 aromatic rings. The Morgan fingerprint density at radius 1 is 1.38 bits per heavy atom. The Hall–Kier alpha value is -1.23. The Balaban J connectivity index is 2.81. The smallest absolute Gasteiger partial charge is 0.449 e. The maximum absolute atomic E-state index is 12.0. The molecule has 0 spiro atoms. The first kappa shape index (κ1) is 9.85. The zero-order valence-electron chi connectivity index (χ0n) is 6.51. The van der Waals surface area contributed by atoms with E-state index in [0.29, 0.717) is 0 Å². The van der Waals surface area contributed by atoms with Crippen LogP contribution in [0.25, 0.3) is 6.08 Å². The Morgan fingerprint density at radius 2 is 2.08 bits per heavy atom. The lowest BCUT2D eigenvalue weighted by molar-refractivity contribution is -0.153. The van der Waals surface area contributed by atoms with Crippen LogP contribution in [0.1, 0.15) is 11.5 Å². The van der Waals surface area contributed by atoms with Gasteiger partial charge in [0.1, 0.15) is 5.76 Å². The average Bonchev–Trinajstić information content (AvgIpc) is 2.47. The van der Waals surface area contributed by atoms with E-state index in [-0.39, 0.29) is 12.4 Å². The summed E-state index contributed by atoms with van der Waals surface area (Å²) in [5.41, 5.74) is 0. The second-order valence-electron chi connectivity index (χ2n) is 2.28. The van der Waals surface area contributed by atoms with Crippen molar-refractivity contribution in [3.63, 3.8) is 0 Å². The van der Waals surface area contributed by atoms with Crippen molar-refractivity contribution >= 4 is 6.08 Å². The molecule has 0 aromatic carbocycles. The molecule has 0 amide bonds. The number of rotatable bonds is 2. The Morgan fingerprint density at radius 3 is 2.54 bits per heavy atom. The lowest BCUT2D eigenvalue weighted by Gasteiger charge is -1.99. The minimum absolute atomic E-state index is 0.0707. The van der Waals surface area contributed by atoms with Crippen molar-refractivity contribution in [3.05, 3.63) is 29.7 Å². The zero-order chi connectivity index (χ0) is 9.90. The van der Waals surface area contributed by atoms with Gasteiger partial charge in [-0.15, -0.1) is 0 Å². The Bertz CT molecular complexity index is 299. The van der Waals surface area contributed by atoms with Crippen LogP contribution in [0.3, 0.4) is 0 Å². The molecule has 0 aliphatic carbocycles. The first-order valence-corrected chi connectivity index (χ1v) is 3.48. The maximum Gasteiger partial charge on any atom is 0.449 e. The van der Waals surface area contributed by atoms with E-state index in [9.17, 15) is 13.2 Å². The number of furan rings is 1. The second-order valence-corrected chi connectivity index (χ2v) is 2.28. The molecule has 72 valence electrons. The molecule has 13 heavy (non-hydrogen) atoms. The third-order valence-electron chi connectivity index (χ3n) is 1.29. The summed E-state index contributed by atoms with van der Waals surface area (Å²) in [4.78, 5) is 0. The highest BCUT2D eigenvalue weighted by molar-refractivity contribution is 5.43. The van der Waals surface area contributed by atoms with Crippen molar-refractivity contribution < 1.29 is 22.7 Å². The van der Waals surface area contributed by atoms with Crippen molar-refractivity contribution in [3.8, 4) is 0 Å². The second kappa shape index (κ2) is 3.66. The largest absolute Gasteiger partial charge is 0.452 e. The van der Waals surface area contributed by atoms with E-state index >= 15 is 0 Å². The maximum atomic E-state index is 12.0. The monoisotopic (exact) mass is 192 g/mol. The van der Waals surface area contributed by atoms with Crippen LogP contribution in [0.15, 0.2) is 22.6 Å². The van der Waals surface area contributed by atoms with Gasteiger partial charge in [0, 0.05) is 0 Å². The third-order valence-corrected chi connectivity index (χ3v) is 1.29. The molecule has 0 aliphatic heterocycles. The van der Waals surface area contributed by atoms with Gasteiger partial charge >= 0.3 is 6.18 Å². The molecular weight excluding hydrogens is 185 g/mol. The quantitative estimate of drug-likeness (QED) is 0.779. The van der Waals surface area contributed by atoms with Gasteiger partial charge in [-0.3, -0.25) is 0 Å². The van der Waals surface area contributed by atoms with Gasteiger partial charge in [-0.05, 0) is 18.2 Å². The molecule has 0 bridgehead atoms. The summed E-state index contributed by atoms with van der Waals surface area (Å²) in [6, 6.07) is 2.03. The molecule has 5 heteroatoms. The van der Waals surface area contributed by atoms with Gasteiger partial charge < -0.3 is 9.52 Å². The summed E-state index contributed by atoms with van der Waals surface area (Å²) in [6.45, 7) is -0.234. The number of aliphatic hydroxyl groups excluding tert-OH is 1. The predicted molar refractivity (Wildman–Crippen MR) is 39.8 cm³/mol. The molecule has 0 radical (unpaired) electrons. The summed E-state index contributed by atoms with van der Waals surface area (Å²) >= 11 is 0. The minimum Gasteiger partial charge on any atom is -0.452 e. The van der Waals surface area contributed by atoms with Crippen LogP contribution in [0.5, 0.6) is 0 Å². The van der Waals surface area contributed by atoms with Gasteiger partial charge in [0.05, 0.1) is 6.61 Å². The number of hydrogen-bond acceptors (Lipinski definition) is 2. The van der Waals surface area contributed by atoms with Crippen molar-refractivity contribution in [1.29, 1.82) is 0 Å². The fraction of sp³-hybridized carbons (Fsp3) is 0.250. The Kier molecular flexibility index (Phi) is 2.77. The van der Waals surface area contributed by atoms with Crippen LogP contribution >= 0.6 is 0 Å². The van der Waals surface area contributed by atoms with Crippen molar-refractivity contribution in [2.45, 2.75) is 6.18 Å². The minimum atomic E-state index is -4.45. The van der Waals surface area contributed by atoms with E-state index in [1.165, 1.54) is 18.2 Å². The van der Waals surface area contributed by atoms with Gasteiger partial charge in [-0.2, -0.15) is 13.2 Å². The van der Waals surface area contributed by atoms with E-state index < -0.39 is 11.9 Å². The van der Waals surface area contributed by atoms with Gasteiger partial charge in [0.2, 0.25) is 5.76 Å². The van der Waals surface area contributed by atoms with Crippen LogP contribution in [0.4, 0.5) is 13.2 Å². The van der Waals surface area contributed by atoms with Crippen molar-refractivity contribution in [1.82, 2.24) is 0 Å². The average molecular weight is 192 g/mol. The molecule has 1 heterocycles. The zero-order valence-corrected chi connectivity index (χ0v) is 6.51. The van der Waals surface area contributed by atoms with Crippen LogP contribution in [0, 0.1) is 0 Å². The highest BCUT2D eigenvalue weighted by Gasteiger charge is 2.34. The molecule has 2 nitrogen and oxygen atoms in total. The van der Waals surface area contributed by atoms with Crippen LogP contribution in [-0.4, -0.2) is 11.7 Å². The Labute approximate surface area is 72.3 Å². The normalized spacial score (nSPS) is 12.6. The van der Waals surface area contributed by atoms with Gasteiger partial charge in [-0.1, -0.05) is 6.08 Å². The van der Waals surface area contributed by atoms with Crippen LogP contribution in [-0.2, 0) is 6.18 Å². The number of alkyl halides is 3. The fourth-order valence-corrected chi connectivity index (χ4v) is 0.764. The molecule has 1 rings (SSSR count). The van der Waals surface area contributed by atoms with Crippen molar-refractivity contribution in [2.24, 2.45) is 0 Å². The highest BCUT2D eigenvalue weighted by atomic mass is 19.4. The molecule has 0 fully saturated rings. The number of halogens is 3. The highest BCUT2D eigenvalue weighted by Crippen LogP contribution is 2.30. The molecule has 1 aromatic heterocycles. The first-order chi connectivity index (χ1) is 6.04. The predicted octanol–water partition coefficient (Wildman–Crippen LogP) is 2.30. The van der Waals surface area contributed by atoms with Crippen molar-refractivity contribution in [2.75, 3.05) is 6.61 Å². The van der Waals surface area contributed by atoms with Gasteiger partial charge in [-0.25, -0.2) is 0 Å². The first-order valence-electron chi connectivity index (χ1n) is 3.48. The number of aliphatic hydroxyl groups is 1. The van der Waals surface area contributed by atoms with E-state index in [4.69, 9.17) is 5.11 Å². The van der Waals surface area contributed by atoms with E-state index in [1.807, 2.05) is 0 Å². The van der Waals surface area contributed by atoms with E-state index in [2.05, 4.69) is 4.42 Å². The summed E-state index contributed by atoms with van der Waals surface area (Å²) in [6.07, 6.45) is -1.89. The molecule has 0 unspecified atom stereocenters. The molecule has 0 aliphatic rings.